The lowest BCUT2D eigenvalue weighted by Crippen LogP contribution is -2.07. The molecule has 0 aromatic heterocycles. The summed E-state index contributed by atoms with van der Waals surface area (Å²) in [5, 5.41) is 16.9. The number of esters is 2. The zero-order valence-corrected chi connectivity index (χ0v) is 14.8. The third-order valence-corrected chi connectivity index (χ3v) is 3.72. The number of cyclic esters (lactones) is 2. The highest BCUT2D eigenvalue weighted by Gasteiger charge is 2.13. The minimum Gasteiger partial charge on any atom is -0.478 e. The summed E-state index contributed by atoms with van der Waals surface area (Å²) in [6, 6.07) is 11.4. The zero-order chi connectivity index (χ0) is 20.5. The molecular formula is C20H18O8. The minimum atomic E-state index is -1.06. The topological polar surface area (TPSA) is 127 Å². The molecule has 8 heteroatoms. The Morgan fingerprint density at radius 3 is 1.46 bits per heavy atom. The largest absolute Gasteiger partial charge is 0.478 e. The first kappa shape index (κ1) is 20.6. The van der Waals surface area contributed by atoms with E-state index in [4.69, 9.17) is 19.7 Å². The van der Waals surface area contributed by atoms with E-state index in [1.54, 1.807) is 18.2 Å². The maximum absolute atomic E-state index is 11.5. The number of aromatic carboxylic acids is 2. The highest BCUT2D eigenvalue weighted by atomic mass is 16.5. The van der Waals surface area contributed by atoms with E-state index < -0.39 is 23.9 Å². The van der Waals surface area contributed by atoms with E-state index in [2.05, 4.69) is 0 Å². The van der Waals surface area contributed by atoms with E-state index in [1.807, 2.05) is 0 Å². The van der Waals surface area contributed by atoms with Crippen molar-refractivity contribution in [3.05, 3.63) is 70.8 Å². The Balaban J connectivity index is 0.000000209. The van der Waals surface area contributed by atoms with E-state index in [0.717, 1.165) is 0 Å². The third-order valence-electron chi connectivity index (χ3n) is 3.72. The van der Waals surface area contributed by atoms with E-state index >= 15 is 0 Å². The van der Waals surface area contributed by atoms with Gasteiger partial charge < -0.3 is 19.7 Å². The van der Waals surface area contributed by atoms with Crippen LogP contribution in [0, 0.1) is 0 Å². The lowest BCUT2D eigenvalue weighted by molar-refractivity contribution is 0.0443. The number of rotatable bonds is 2. The fourth-order valence-corrected chi connectivity index (χ4v) is 2.23. The summed E-state index contributed by atoms with van der Waals surface area (Å²) >= 11 is 0. The van der Waals surface area contributed by atoms with Gasteiger partial charge in [-0.3, -0.25) is 0 Å². The van der Waals surface area contributed by atoms with Crippen molar-refractivity contribution >= 4 is 23.9 Å². The smallest absolute Gasteiger partial charge is 0.338 e. The summed E-state index contributed by atoms with van der Waals surface area (Å²) < 4.78 is 10.1. The van der Waals surface area contributed by atoms with E-state index in [-0.39, 0.29) is 11.1 Å². The van der Waals surface area contributed by atoms with Gasteiger partial charge in [0.2, 0.25) is 0 Å². The van der Waals surface area contributed by atoms with Gasteiger partial charge in [0.05, 0.1) is 35.5 Å². The molecule has 0 spiro atoms. The van der Waals surface area contributed by atoms with Crippen LogP contribution in [0.15, 0.2) is 48.5 Å². The van der Waals surface area contributed by atoms with Gasteiger partial charge >= 0.3 is 23.9 Å². The average molecular weight is 386 g/mol. The van der Waals surface area contributed by atoms with Crippen LogP contribution in [-0.2, 0) is 9.47 Å². The van der Waals surface area contributed by atoms with Crippen LogP contribution in [0.5, 0.6) is 0 Å². The van der Waals surface area contributed by atoms with Gasteiger partial charge in [-0.1, -0.05) is 6.07 Å². The summed E-state index contributed by atoms with van der Waals surface area (Å²) in [6.07, 6.45) is 1.41. The van der Waals surface area contributed by atoms with Crippen LogP contribution in [0.1, 0.15) is 54.3 Å². The fourth-order valence-electron chi connectivity index (χ4n) is 2.23. The molecule has 1 heterocycles. The average Bonchev–Trinajstić information content (AvgIpc) is 2.72. The molecule has 28 heavy (non-hydrogen) atoms. The third kappa shape index (κ3) is 5.94. The van der Waals surface area contributed by atoms with Crippen LogP contribution in [0.25, 0.3) is 0 Å². The molecule has 8 nitrogen and oxygen atoms in total. The summed E-state index contributed by atoms with van der Waals surface area (Å²) in [7, 11) is 0. The van der Waals surface area contributed by atoms with Crippen molar-refractivity contribution < 1.29 is 38.9 Å². The van der Waals surface area contributed by atoms with E-state index in [1.165, 1.54) is 30.3 Å². The second-order valence-corrected chi connectivity index (χ2v) is 5.75. The monoisotopic (exact) mass is 386 g/mol. The van der Waals surface area contributed by atoms with Gasteiger partial charge in [0.25, 0.3) is 0 Å². The zero-order valence-electron chi connectivity index (χ0n) is 14.8. The molecule has 0 radical (unpaired) electrons. The first-order chi connectivity index (χ1) is 13.4. The van der Waals surface area contributed by atoms with Gasteiger partial charge in [0, 0.05) is 0 Å². The molecule has 2 aromatic carbocycles. The Bertz CT molecular complexity index is 802. The molecule has 1 aliphatic heterocycles. The van der Waals surface area contributed by atoms with Crippen molar-refractivity contribution in [2.75, 3.05) is 13.2 Å². The van der Waals surface area contributed by atoms with Gasteiger partial charge in [-0.15, -0.1) is 0 Å². The highest BCUT2D eigenvalue weighted by Crippen LogP contribution is 2.10. The Morgan fingerprint density at radius 1 is 0.714 bits per heavy atom. The molecule has 0 aliphatic carbocycles. The lowest BCUT2D eigenvalue weighted by Gasteiger charge is -2.03. The molecule has 1 aliphatic rings. The van der Waals surface area contributed by atoms with Gasteiger partial charge in [0.15, 0.2) is 0 Å². The molecule has 0 amide bonds. The number of carbonyl (C=O) groups excluding carboxylic acids is 2. The SMILES string of the molecule is O=C(O)c1ccc(C(=O)O)cc1.O=C1OCCCCOC(=O)c2cccc1c2. The van der Waals surface area contributed by atoms with Crippen LogP contribution >= 0.6 is 0 Å². The predicted molar refractivity (Wildman–Crippen MR) is 96.6 cm³/mol. The molecule has 3 rings (SSSR count). The fraction of sp³-hybridized carbons (Fsp3) is 0.200. The molecule has 0 atom stereocenters. The molecular weight excluding hydrogens is 368 g/mol. The predicted octanol–water partition coefficient (Wildman–Crippen LogP) is 2.88. The Morgan fingerprint density at radius 2 is 1.11 bits per heavy atom. The van der Waals surface area contributed by atoms with Crippen molar-refractivity contribution in [1.82, 2.24) is 0 Å². The molecule has 0 fully saturated rings. The Labute approximate surface area is 160 Å². The summed E-state index contributed by atoms with van der Waals surface area (Å²) in [5.41, 5.74) is 0.938. The van der Waals surface area contributed by atoms with Gasteiger partial charge in [0.1, 0.15) is 0 Å². The maximum Gasteiger partial charge on any atom is 0.338 e. The van der Waals surface area contributed by atoms with Crippen LogP contribution in [-0.4, -0.2) is 47.3 Å². The first-order valence-electron chi connectivity index (χ1n) is 8.39. The quantitative estimate of drug-likeness (QED) is 0.754. The first-order valence-corrected chi connectivity index (χ1v) is 8.39. The van der Waals surface area contributed by atoms with Gasteiger partial charge in [-0.25, -0.2) is 19.2 Å². The van der Waals surface area contributed by atoms with Crippen LogP contribution in [0.2, 0.25) is 0 Å². The van der Waals surface area contributed by atoms with Crippen molar-refractivity contribution in [3.63, 3.8) is 0 Å². The molecule has 0 saturated heterocycles. The van der Waals surface area contributed by atoms with Gasteiger partial charge in [-0.05, 0) is 55.3 Å². The van der Waals surface area contributed by atoms with Crippen molar-refractivity contribution in [2.45, 2.75) is 12.8 Å². The van der Waals surface area contributed by atoms with E-state index in [0.29, 0.717) is 37.2 Å². The summed E-state index contributed by atoms with van der Waals surface area (Å²) in [6.45, 7) is 0.723. The molecule has 2 aromatic rings. The number of ether oxygens (including phenoxy) is 2. The van der Waals surface area contributed by atoms with Gasteiger partial charge in [-0.2, -0.15) is 0 Å². The number of hydrogen-bond donors (Lipinski definition) is 2. The number of fused-ring (bicyclic) bond motifs is 2. The second kappa shape index (κ2) is 9.86. The molecule has 2 bridgehead atoms. The van der Waals surface area contributed by atoms with Crippen molar-refractivity contribution in [2.24, 2.45) is 0 Å². The number of carboxylic acid groups (broad SMARTS) is 2. The highest BCUT2D eigenvalue weighted by molar-refractivity contribution is 5.95. The molecule has 146 valence electrons. The number of carboxylic acids is 2. The maximum atomic E-state index is 11.5. The standard InChI is InChI=1S/C12H12O4.C8H6O4/c13-11-9-4-3-5-10(8-9)12(14)16-7-2-1-6-15-11;9-7(10)5-1-2-6(4-3-5)8(11)12/h3-5,8H,1-2,6-7H2;1-4H,(H,9,10)(H,11,12). The second-order valence-electron chi connectivity index (χ2n) is 5.75. The van der Waals surface area contributed by atoms with Crippen LogP contribution < -0.4 is 0 Å². The van der Waals surface area contributed by atoms with Crippen molar-refractivity contribution in [1.29, 1.82) is 0 Å². The normalized spacial score (nSPS) is 13.7. The molecule has 0 saturated carbocycles. The molecule has 0 unspecified atom stereocenters. The van der Waals surface area contributed by atoms with Crippen molar-refractivity contribution in [3.8, 4) is 0 Å². The summed E-state index contributed by atoms with van der Waals surface area (Å²) in [5.74, 6) is -2.91. The van der Waals surface area contributed by atoms with Crippen LogP contribution in [0.3, 0.4) is 0 Å². The minimum absolute atomic E-state index is 0.0833. The van der Waals surface area contributed by atoms with E-state index in [9.17, 15) is 19.2 Å². The lowest BCUT2D eigenvalue weighted by atomic mass is 10.1. The number of hydrogen-bond acceptors (Lipinski definition) is 6. The number of carbonyl (C=O) groups is 4. The molecule has 2 N–H and O–H groups in total. The number of benzene rings is 2. The summed E-state index contributed by atoms with van der Waals surface area (Å²) in [4.78, 5) is 43.8. The Hall–Kier alpha value is -3.68. The van der Waals surface area contributed by atoms with Crippen LogP contribution in [0.4, 0.5) is 0 Å². The Kier molecular flexibility index (Phi) is 7.27.